The number of nitrogens with one attached hydrogen (secondary N) is 2. The molecule has 1 aromatic rings. The number of hydrogen-bond donors (Lipinski definition) is 2. The zero-order valence-corrected chi connectivity index (χ0v) is 12.2. The van der Waals surface area contributed by atoms with E-state index in [0.717, 1.165) is 38.1 Å². The van der Waals surface area contributed by atoms with Gasteiger partial charge in [-0.15, -0.1) is 0 Å². The number of sulfonamides is 1. The lowest BCUT2D eigenvalue weighted by molar-refractivity contribution is 0.186. The maximum Gasteiger partial charge on any atom is 0.240 e. The van der Waals surface area contributed by atoms with Crippen LogP contribution in [0.2, 0.25) is 0 Å². The summed E-state index contributed by atoms with van der Waals surface area (Å²) in [6.45, 7) is 2.74. The second-order valence-electron chi connectivity index (χ2n) is 5.43. The summed E-state index contributed by atoms with van der Waals surface area (Å²) in [6.07, 6.45) is 3.03. The van der Waals surface area contributed by atoms with E-state index in [0.29, 0.717) is 24.0 Å². The molecule has 2 aliphatic rings. The fourth-order valence-corrected chi connectivity index (χ4v) is 3.80. The van der Waals surface area contributed by atoms with Crippen molar-refractivity contribution in [1.82, 2.24) is 4.72 Å². The first-order valence-electron chi connectivity index (χ1n) is 7.09. The monoisotopic (exact) mass is 296 g/mol. The lowest BCUT2D eigenvalue weighted by atomic mass is 10.0. The van der Waals surface area contributed by atoms with E-state index in [-0.39, 0.29) is 0 Å². The lowest BCUT2D eigenvalue weighted by Crippen LogP contribution is -2.29. The fraction of sp³-hybridized carbons (Fsp3) is 0.571. The van der Waals surface area contributed by atoms with E-state index < -0.39 is 10.0 Å². The van der Waals surface area contributed by atoms with Gasteiger partial charge in [0.05, 0.1) is 11.5 Å². The molecular weight excluding hydrogens is 276 g/mol. The van der Waals surface area contributed by atoms with Gasteiger partial charge in [-0.25, -0.2) is 13.1 Å². The molecule has 0 spiro atoms. The van der Waals surface area contributed by atoms with E-state index >= 15 is 0 Å². The highest BCUT2D eigenvalue weighted by Gasteiger charge is 2.21. The first-order chi connectivity index (χ1) is 9.65. The van der Waals surface area contributed by atoms with Crippen molar-refractivity contribution in [2.24, 2.45) is 5.92 Å². The second kappa shape index (κ2) is 5.71. The van der Waals surface area contributed by atoms with Gasteiger partial charge in [0.15, 0.2) is 0 Å². The van der Waals surface area contributed by atoms with Crippen molar-refractivity contribution < 1.29 is 13.2 Å². The van der Waals surface area contributed by atoms with Crippen LogP contribution in [0.3, 0.4) is 0 Å². The Labute approximate surface area is 119 Å². The van der Waals surface area contributed by atoms with Crippen LogP contribution in [0.5, 0.6) is 0 Å². The van der Waals surface area contributed by atoms with Gasteiger partial charge < -0.3 is 10.1 Å². The molecule has 110 valence electrons. The van der Waals surface area contributed by atoms with E-state index in [1.54, 1.807) is 12.1 Å². The third-order valence-electron chi connectivity index (χ3n) is 3.92. The predicted octanol–water partition coefficient (Wildman–Crippen LogP) is 1.36. The molecule has 0 aliphatic carbocycles. The summed E-state index contributed by atoms with van der Waals surface area (Å²) in [5, 5.41) is 3.26. The minimum Gasteiger partial charge on any atom is -0.385 e. The van der Waals surface area contributed by atoms with E-state index in [1.807, 2.05) is 6.07 Å². The normalized spacial score (nSPS) is 22.3. The summed E-state index contributed by atoms with van der Waals surface area (Å²) in [6, 6.07) is 5.34. The van der Waals surface area contributed by atoms with Crippen LogP contribution in [0, 0.1) is 5.92 Å². The molecule has 0 amide bonds. The standard InChI is InChI=1S/C14H20N2O3S/c17-20(18,16-9-11-5-7-19-10-11)13-4-3-12-2-1-6-15-14(12)8-13/h3-4,8,11,15-16H,1-2,5-7,9-10H2. The van der Waals surface area contributed by atoms with Crippen molar-refractivity contribution in [2.75, 3.05) is 31.6 Å². The number of aryl methyl sites for hydroxylation is 1. The summed E-state index contributed by atoms with van der Waals surface area (Å²) in [5.74, 6) is 0.292. The van der Waals surface area contributed by atoms with Gasteiger partial charge in [-0.3, -0.25) is 0 Å². The molecule has 20 heavy (non-hydrogen) atoms. The Morgan fingerprint density at radius 1 is 1.40 bits per heavy atom. The molecule has 0 saturated carbocycles. The fourth-order valence-electron chi connectivity index (χ4n) is 2.66. The van der Waals surface area contributed by atoms with Gasteiger partial charge in [0.2, 0.25) is 10.0 Å². The molecule has 1 unspecified atom stereocenters. The summed E-state index contributed by atoms with van der Waals surface area (Å²) in [4.78, 5) is 0.338. The molecule has 2 aliphatic heterocycles. The summed E-state index contributed by atoms with van der Waals surface area (Å²) >= 11 is 0. The van der Waals surface area contributed by atoms with Crippen LogP contribution in [0.25, 0.3) is 0 Å². The van der Waals surface area contributed by atoms with Crippen LogP contribution >= 0.6 is 0 Å². The average Bonchev–Trinajstić information content (AvgIpc) is 2.98. The molecule has 2 N–H and O–H groups in total. The molecule has 1 fully saturated rings. The van der Waals surface area contributed by atoms with Gasteiger partial charge in [0.1, 0.15) is 0 Å². The number of benzene rings is 1. The topological polar surface area (TPSA) is 67.4 Å². The van der Waals surface area contributed by atoms with Gasteiger partial charge in [-0.05, 0) is 42.9 Å². The number of ether oxygens (including phenoxy) is 1. The highest BCUT2D eigenvalue weighted by atomic mass is 32.2. The first-order valence-corrected chi connectivity index (χ1v) is 8.58. The number of fused-ring (bicyclic) bond motifs is 1. The SMILES string of the molecule is O=S(=O)(NCC1CCOC1)c1ccc2c(c1)NCCC2. The molecule has 0 bridgehead atoms. The smallest absolute Gasteiger partial charge is 0.240 e. The minimum absolute atomic E-state index is 0.292. The Balaban J connectivity index is 1.73. The van der Waals surface area contributed by atoms with E-state index in [2.05, 4.69) is 10.0 Å². The molecule has 1 saturated heterocycles. The van der Waals surface area contributed by atoms with E-state index in [9.17, 15) is 8.42 Å². The predicted molar refractivity (Wildman–Crippen MR) is 77.4 cm³/mol. The number of rotatable bonds is 4. The van der Waals surface area contributed by atoms with Crippen molar-refractivity contribution in [3.8, 4) is 0 Å². The van der Waals surface area contributed by atoms with Gasteiger partial charge in [-0.2, -0.15) is 0 Å². The van der Waals surface area contributed by atoms with Gasteiger partial charge in [0.25, 0.3) is 0 Å². The van der Waals surface area contributed by atoms with Crippen molar-refractivity contribution in [2.45, 2.75) is 24.2 Å². The van der Waals surface area contributed by atoms with Crippen molar-refractivity contribution in [3.05, 3.63) is 23.8 Å². The molecule has 1 atom stereocenters. The highest BCUT2D eigenvalue weighted by molar-refractivity contribution is 7.89. The van der Waals surface area contributed by atoms with Crippen LogP contribution < -0.4 is 10.0 Å². The molecule has 3 rings (SSSR count). The lowest BCUT2D eigenvalue weighted by Gasteiger charge is -2.19. The van der Waals surface area contributed by atoms with Gasteiger partial charge >= 0.3 is 0 Å². The third kappa shape index (κ3) is 2.97. The molecule has 2 heterocycles. The summed E-state index contributed by atoms with van der Waals surface area (Å²) in [7, 11) is -3.43. The first kappa shape index (κ1) is 13.9. The minimum atomic E-state index is -3.43. The maximum atomic E-state index is 12.3. The molecular formula is C14H20N2O3S. The molecule has 5 nitrogen and oxygen atoms in total. The largest absolute Gasteiger partial charge is 0.385 e. The Bertz CT molecular complexity index is 580. The quantitative estimate of drug-likeness (QED) is 0.880. The van der Waals surface area contributed by atoms with Crippen molar-refractivity contribution in [1.29, 1.82) is 0 Å². The van der Waals surface area contributed by atoms with E-state index in [1.165, 1.54) is 5.56 Å². The molecule has 0 radical (unpaired) electrons. The number of hydrogen-bond acceptors (Lipinski definition) is 4. The Morgan fingerprint density at radius 2 is 2.30 bits per heavy atom. The van der Waals surface area contributed by atoms with Gasteiger partial charge in [-0.1, -0.05) is 6.07 Å². The molecule has 1 aromatic carbocycles. The number of anilines is 1. The third-order valence-corrected chi connectivity index (χ3v) is 5.34. The Morgan fingerprint density at radius 3 is 3.10 bits per heavy atom. The van der Waals surface area contributed by atoms with E-state index in [4.69, 9.17) is 4.74 Å². The average molecular weight is 296 g/mol. The zero-order valence-electron chi connectivity index (χ0n) is 11.4. The Kier molecular flexibility index (Phi) is 3.96. The highest BCUT2D eigenvalue weighted by Crippen LogP contribution is 2.25. The van der Waals surface area contributed by atoms with Crippen LogP contribution in [0.15, 0.2) is 23.1 Å². The van der Waals surface area contributed by atoms with Crippen molar-refractivity contribution in [3.63, 3.8) is 0 Å². The summed E-state index contributed by atoms with van der Waals surface area (Å²) < 4.78 is 32.5. The van der Waals surface area contributed by atoms with Crippen LogP contribution in [0.4, 0.5) is 5.69 Å². The van der Waals surface area contributed by atoms with Crippen LogP contribution in [-0.2, 0) is 21.2 Å². The maximum absolute atomic E-state index is 12.3. The Hall–Kier alpha value is -1.11. The van der Waals surface area contributed by atoms with Crippen LogP contribution in [-0.4, -0.2) is 34.7 Å². The molecule has 6 heteroatoms. The zero-order chi connectivity index (χ0) is 14.0. The summed E-state index contributed by atoms with van der Waals surface area (Å²) in [5.41, 5.74) is 2.14. The van der Waals surface area contributed by atoms with Crippen LogP contribution in [0.1, 0.15) is 18.4 Å². The van der Waals surface area contributed by atoms with Gasteiger partial charge in [0, 0.05) is 25.4 Å². The second-order valence-corrected chi connectivity index (χ2v) is 7.20. The molecule has 0 aromatic heterocycles. The van der Waals surface area contributed by atoms with Crippen molar-refractivity contribution >= 4 is 15.7 Å².